The van der Waals surface area contributed by atoms with E-state index in [0.29, 0.717) is 13.1 Å². The van der Waals surface area contributed by atoms with Crippen LogP contribution in [0.2, 0.25) is 0 Å². The number of hydroxylamine groups is 2. The Morgan fingerprint density at radius 1 is 1.40 bits per heavy atom. The van der Waals surface area contributed by atoms with E-state index in [1.807, 2.05) is 36.4 Å². The average Bonchev–Trinajstić information content (AvgIpc) is 2.46. The maximum absolute atomic E-state index is 12.3. The van der Waals surface area contributed by atoms with Gasteiger partial charge in [0.1, 0.15) is 12.8 Å². The lowest BCUT2D eigenvalue weighted by molar-refractivity contribution is -0.266. The van der Waals surface area contributed by atoms with Crippen LogP contribution in [0.4, 0.5) is 0 Å². The van der Waals surface area contributed by atoms with Crippen molar-refractivity contribution in [1.82, 2.24) is 9.96 Å². The second-order valence-electron chi connectivity index (χ2n) is 5.40. The summed E-state index contributed by atoms with van der Waals surface area (Å²) in [5.41, 5.74) is 1.02. The molecule has 2 heterocycles. The molecule has 0 saturated carbocycles. The topological polar surface area (TPSA) is 32.8 Å². The molecule has 2 aliphatic heterocycles. The van der Waals surface area contributed by atoms with Gasteiger partial charge in [0, 0.05) is 6.54 Å². The van der Waals surface area contributed by atoms with Gasteiger partial charge in [-0.1, -0.05) is 36.4 Å². The smallest absolute Gasteiger partial charge is 0.251 e. The van der Waals surface area contributed by atoms with E-state index in [-0.39, 0.29) is 18.1 Å². The molecule has 2 bridgehead atoms. The van der Waals surface area contributed by atoms with E-state index in [4.69, 9.17) is 4.84 Å². The van der Waals surface area contributed by atoms with Crippen molar-refractivity contribution in [1.29, 1.82) is 0 Å². The molecular weight excluding hydrogens is 252 g/mol. The molecule has 3 unspecified atom stereocenters. The molecule has 0 aromatic heterocycles. The molecule has 2 fully saturated rings. The Balaban J connectivity index is 1.66. The Labute approximate surface area is 119 Å². The zero-order chi connectivity index (χ0) is 13.9. The minimum Gasteiger partial charge on any atom is -0.275 e. The highest BCUT2D eigenvalue weighted by Gasteiger charge is 2.38. The van der Waals surface area contributed by atoms with Crippen LogP contribution in [0.15, 0.2) is 43.0 Å². The number of hydrogen-bond acceptors (Lipinski definition) is 3. The number of nitrogens with zero attached hydrogens (tertiary/aromatic N) is 2. The fourth-order valence-electron chi connectivity index (χ4n) is 2.99. The SMILES string of the molecule is C=CC1C2CCCN1CN(C(=O)Cc1ccccc1)O2. The summed E-state index contributed by atoms with van der Waals surface area (Å²) in [5.74, 6) is 0.0237. The van der Waals surface area contributed by atoms with Crippen LogP contribution in [0, 0.1) is 0 Å². The van der Waals surface area contributed by atoms with Gasteiger partial charge in [-0.25, -0.2) is 5.06 Å². The Kier molecular flexibility index (Phi) is 3.85. The maximum atomic E-state index is 12.3. The minimum absolute atomic E-state index is 0.0237. The van der Waals surface area contributed by atoms with Gasteiger partial charge in [0.2, 0.25) is 0 Å². The third-order valence-electron chi connectivity index (χ3n) is 4.03. The minimum atomic E-state index is 0.0237. The van der Waals surface area contributed by atoms with Crippen LogP contribution in [-0.4, -0.2) is 41.2 Å². The number of amides is 1. The van der Waals surface area contributed by atoms with Crippen LogP contribution in [0.25, 0.3) is 0 Å². The van der Waals surface area contributed by atoms with Gasteiger partial charge in [0.05, 0.1) is 12.5 Å². The van der Waals surface area contributed by atoms with Crippen LogP contribution in [0.5, 0.6) is 0 Å². The highest BCUT2D eigenvalue weighted by Crippen LogP contribution is 2.27. The molecule has 0 radical (unpaired) electrons. The number of piperidine rings is 1. The van der Waals surface area contributed by atoms with Crippen LogP contribution < -0.4 is 0 Å². The molecule has 3 rings (SSSR count). The average molecular weight is 272 g/mol. The third-order valence-corrected chi connectivity index (χ3v) is 4.03. The van der Waals surface area contributed by atoms with Gasteiger partial charge in [-0.15, -0.1) is 6.58 Å². The second kappa shape index (κ2) is 5.77. The summed E-state index contributed by atoms with van der Waals surface area (Å²) >= 11 is 0. The zero-order valence-corrected chi connectivity index (χ0v) is 11.6. The van der Waals surface area contributed by atoms with E-state index in [9.17, 15) is 4.79 Å². The van der Waals surface area contributed by atoms with Crippen molar-refractivity contribution in [3.63, 3.8) is 0 Å². The van der Waals surface area contributed by atoms with E-state index in [0.717, 1.165) is 24.9 Å². The van der Waals surface area contributed by atoms with Crippen molar-refractivity contribution >= 4 is 5.91 Å². The highest BCUT2D eigenvalue weighted by molar-refractivity contribution is 5.77. The number of fused-ring (bicyclic) bond motifs is 2. The Hall–Kier alpha value is -1.65. The molecule has 20 heavy (non-hydrogen) atoms. The number of carbonyl (C=O) groups excluding carboxylic acids is 1. The molecule has 1 aromatic rings. The summed E-state index contributed by atoms with van der Waals surface area (Å²) < 4.78 is 0. The number of hydrogen-bond donors (Lipinski definition) is 0. The van der Waals surface area contributed by atoms with Gasteiger partial charge in [-0.05, 0) is 18.4 Å². The summed E-state index contributed by atoms with van der Waals surface area (Å²) in [5, 5.41) is 1.52. The van der Waals surface area contributed by atoms with E-state index in [1.165, 1.54) is 5.06 Å². The number of benzene rings is 1. The first kappa shape index (κ1) is 13.3. The first-order chi connectivity index (χ1) is 9.78. The molecule has 1 aromatic carbocycles. The summed E-state index contributed by atoms with van der Waals surface area (Å²) in [7, 11) is 0. The van der Waals surface area contributed by atoms with E-state index < -0.39 is 0 Å². The summed E-state index contributed by atoms with van der Waals surface area (Å²) in [6.45, 7) is 5.43. The molecule has 0 N–H and O–H groups in total. The highest BCUT2D eigenvalue weighted by atomic mass is 16.7. The van der Waals surface area contributed by atoms with Crippen LogP contribution in [0.1, 0.15) is 18.4 Å². The van der Waals surface area contributed by atoms with Crippen molar-refractivity contribution in [2.45, 2.75) is 31.4 Å². The summed E-state index contributed by atoms with van der Waals surface area (Å²) in [6.07, 6.45) is 4.50. The van der Waals surface area contributed by atoms with E-state index in [1.54, 1.807) is 0 Å². The molecule has 1 amide bonds. The first-order valence-electron chi connectivity index (χ1n) is 7.15. The van der Waals surface area contributed by atoms with Crippen LogP contribution in [0.3, 0.4) is 0 Å². The van der Waals surface area contributed by atoms with Crippen molar-refractivity contribution < 1.29 is 9.63 Å². The molecule has 4 heteroatoms. The summed E-state index contributed by atoms with van der Waals surface area (Å²) in [6, 6.07) is 10.0. The largest absolute Gasteiger partial charge is 0.275 e. The normalized spacial score (nSPS) is 29.0. The predicted octanol–water partition coefficient (Wildman–Crippen LogP) is 1.98. The molecule has 106 valence electrons. The van der Waals surface area contributed by atoms with Crippen molar-refractivity contribution in [2.24, 2.45) is 0 Å². The first-order valence-corrected chi connectivity index (χ1v) is 7.15. The van der Waals surface area contributed by atoms with E-state index >= 15 is 0 Å². The zero-order valence-electron chi connectivity index (χ0n) is 11.6. The molecule has 2 aliphatic rings. The quantitative estimate of drug-likeness (QED) is 0.789. The standard InChI is InChI=1S/C16H20N2O2/c1-2-14-15-9-6-10-17(14)12-18(20-15)16(19)11-13-7-4-3-5-8-13/h2-5,7-8,14-15H,1,6,9-12H2. The predicted molar refractivity (Wildman–Crippen MR) is 76.7 cm³/mol. The summed E-state index contributed by atoms with van der Waals surface area (Å²) in [4.78, 5) is 20.5. The molecular formula is C16H20N2O2. The van der Waals surface area contributed by atoms with Gasteiger partial charge in [0.25, 0.3) is 5.91 Å². The van der Waals surface area contributed by atoms with E-state index in [2.05, 4.69) is 11.5 Å². The molecule has 0 spiro atoms. The maximum Gasteiger partial charge on any atom is 0.251 e. The third kappa shape index (κ3) is 2.62. The Bertz CT molecular complexity index is 475. The number of carbonyl (C=O) groups is 1. The molecule has 3 atom stereocenters. The second-order valence-corrected chi connectivity index (χ2v) is 5.40. The van der Waals surface area contributed by atoms with Gasteiger partial charge in [-0.3, -0.25) is 14.5 Å². The number of rotatable bonds is 3. The fourth-order valence-corrected chi connectivity index (χ4v) is 2.99. The molecule has 2 saturated heterocycles. The van der Waals surface area contributed by atoms with Crippen molar-refractivity contribution in [2.75, 3.05) is 13.2 Å². The lowest BCUT2D eigenvalue weighted by Crippen LogP contribution is -2.60. The lowest BCUT2D eigenvalue weighted by Gasteiger charge is -2.47. The fraction of sp³-hybridized carbons (Fsp3) is 0.438. The van der Waals surface area contributed by atoms with Gasteiger partial charge >= 0.3 is 0 Å². The van der Waals surface area contributed by atoms with Crippen molar-refractivity contribution in [3.8, 4) is 0 Å². The van der Waals surface area contributed by atoms with Crippen molar-refractivity contribution in [3.05, 3.63) is 48.6 Å². The monoisotopic (exact) mass is 272 g/mol. The Morgan fingerprint density at radius 2 is 2.20 bits per heavy atom. The van der Waals surface area contributed by atoms with Gasteiger partial charge in [0.15, 0.2) is 0 Å². The Morgan fingerprint density at radius 3 is 2.90 bits per heavy atom. The molecule has 0 aliphatic carbocycles. The van der Waals surface area contributed by atoms with Gasteiger partial charge < -0.3 is 0 Å². The van der Waals surface area contributed by atoms with Crippen LogP contribution in [-0.2, 0) is 16.1 Å². The lowest BCUT2D eigenvalue weighted by atomic mass is 9.98. The molecule has 4 nitrogen and oxygen atoms in total. The van der Waals surface area contributed by atoms with Gasteiger partial charge in [-0.2, -0.15) is 0 Å². The van der Waals surface area contributed by atoms with Crippen LogP contribution >= 0.6 is 0 Å².